The molecule has 0 fully saturated rings. The molecular formula is C27H28N4O3S2. The Morgan fingerprint density at radius 2 is 1.83 bits per heavy atom. The first kappa shape index (κ1) is 25.7. The molecule has 1 amide bonds. The van der Waals surface area contributed by atoms with Gasteiger partial charge in [0, 0.05) is 24.4 Å². The van der Waals surface area contributed by atoms with Crippen molar-refractivity contribution in [2.24, 2.45) is 7.05 Å². The molecular weight excluding hydrogens is 492 g/mol. The molecule has 4 rings (SSSR count). The zero-order valence-corrected chi connectivity index (χ0v) is 22.3. The van der Waals surface area contributed by atoms with Crippen LogP contribution in [0.15, 0.2) is 59.1 Å². The molecule has 0 atom stereocenters. The number of ether oxygens (including phenoxy) is 1. The molecule has 9 heteroatoms. The third-order valence-corrected chi connectivity index (χ3v) is 7.77. The first-order chi connectivity index (χ1) is 17.4. The number of carbonyl (C=O) groups is 2. The van der Waals surface area contributed by atoms with Crippen molar-refractivity contribution in [3.63, 3.8) is 0 Å². The Hall–Kier alpha value is -3.43. The van der Waals surface area contributed by atoms with E-state index in [9.17, 15) is 9.59 Å². The van der Waals surface area contributed by atoms with Gasteiger partial charge in [-0.2, -0.15) is 0 Å². The first-order valence-electron chi connectivity index (χ1n) is 11.5. The molecule has 2 aromatic heterocycles. The number of aromatic nitrogens is 3. The fraction of sp³-hybridized carbons (Fsp3) is 0.259. The molecule has 0 aliphatic heterocycles. The highest BCUT2D eigenvalue weighted by molar-refractivity contribution is 7.99. The lowest BCUT2D eigenvalue weighted by atomic mass is 9.97. The van der Waals surface area contributed by atoms with Gasteiger partial charge in [0.15, 0.2) is 5.16 Å². The average molecular weight is 521 g/mol. The molecule has 4 aromatic rings. The minimum Gasteiger partial charge on any atom is -0.465 e. The quantitative estimate of drug-likeness (QED) is 0.233. The standard InChI is InChI=1S/C27H28N4O3S2/c1-17-10-11-18(2)20(14-17)21-15-35-25(24(21)26(33)34-4)28-23(32)16-36-27-30-29-22(31(27)3)13-12-19-8-6-5-7-9-19/h5-11,14-15H,12-13,16H2,1-4H3,(H,28,32). The Labute approximate surface area is 218 Å². The largest absolute Gasteiger partial charge is 0.465 e. The van der Waals surface area contributed by atoms with Crippen LogP contribution < -0.4 is 5.32 Å². The minimum atomic E-state index is -0.480. The van der Waals surface area contributed by atoms with Gasteiger partial charge in [-0.25, -0.2) is 4.79 Å². The lowest BCUT2D eigenvalue weighted by Gasteiger charge is -2.10. The molecule has 186 valence electrons. The van der Waals surface area contributed by atoms with Crippen molar-refractivity contribution < 1.29 is 14.3 Å². The summed E-state index contributed by atoms with van der Waals surface area (Å²) in [4.78, 5) is 25.5. The van der Waals surface area contributed by atoms with E-state index in [1.54, 1.807) is 0 Å². The second-order valence-corrected chi connectivity index (χ2v) is 10.3. The van der Waals surface area contributed by atoms with E-state index in [1.165, 1.54) is 35.8 Å². The smallest absolute Gasteiger partial charge is 0.341 e. The van der Waals surface area contributed by atoms with Crippen LogP contribution in [0.1, 0.15) is 32.9 Å². The zero-order chi connectivity index (χ0) is 25.7. The zero-order valence-electron chi connectivity index (χ0n) is 20.7. The highest BCUT2D eigenvalue weighted by Gasteiger charge is 2.23. The van der Waals surface area contributed by atoms with Gasteiger partial charge in [0.2, 0.25) is 5.91 Å². The van der Waals surface area contributed by atoms with E-state index in [-0.39, 0.29) is 11.7 Å². The van der Waals surface area contributed by atoms with Crippen LogP contribution in [-0.2, 0) is 29.4 Å². The van der Waals surface area contributed by atoms with Crippen LogP contribution >= 0.6 is 23.1 Å². The average Bonchev–Trinajstić information content (AvgIpc) is 3.46. The third kappa shape index (κ3) is 5.85. The SMILES string of the molecule is COC(=O)c1c(-c2cc(C)ccc2C)csc1NC(=O)CSc1nnc(CCc2ccccc2)n1C. The second-order valence-electron chi connectivity index (χ2n) is 8.44. The lowest BCUT2D eigenvalue weighted by Crippen LogP contribution is -2.16. The molecule has 0 radical (unpaired) electrons. The number of carbonyl (C=O) groups excluding carboxylic acids is 2. The number of amides is 1. The van der Waals surface area contributed by atoms with Crippen molar-refractivity contribution in [1.82, 2.24) is 14.8 Å². The van der Waals surface area contributed by atoms with Crippen molar-refractivity contribution in [1.29, 1.82) is 0 Å². The van der Waals surface area contributed by atoms with Crippen LogP contribution in [0, 0.1) is 13.8 Å². The lowest BCUT2D eigenvalue weighted by molar-refractivity contribution is -0.113. The Morgan fingerprint density at radius 1 is 1.06 bits per heavy atom. The van der Waals surface area contributed by atoms with Gasteiger partial charge in [-0.05, 0) is 37.0 Å². The molecule has 0 bridgehead atoms. The predicted molar refractivity (Wildman–Crippen MR) is 145 cm³/mol. The van der Waals surface area contributed by atoms with Crippen molar-refractivity contribution in [2.45, 2.75) is 31.8 Å². The molecule has 0 saturated carbocycles. The van der Waals surface area contributed by atoms with E-state index >= 15 is 0 Å². The van der Waals surface area contributed by atoms with Gasteiger partial charge >= 0.3 is 5.97 Å². The number of thioether (sulfide) groups is 1. The maximum Gasteiger partial charge on any atom is 0.341 e. The summed E-state index contributed by atoms with van der Waals surface area (Å²) < 4.78 is 6.96. The van der Waals surface area contributed by atoms with Gasteiger partial charge in [-0.1, -0.05) is 65.9 Å². The molecule has 0 saturated heterocycles. The number of nitrogens with one attached hydrogen (secondary N) is 1. The Kier molecular flexibility index (Phi) is 8.22. The van der Waals surface area contributed by atoms with Crippen molar-refractivity contribution in [2.75, 3.05) is 18.2 Å². The van der Waals surface area contributed by atoms with Crippen LogP contribution in [0.4, 0.5) is 5.00 Å². The van der Waals surface area contributed by atoms with E-state index in [2.05, 4.69) is 27.6 Å². The maximum atomic E-state index is 12.8. The summed E-state index contributed by atoms with van der Waals surface area (Å²) in [5.41, 5.74) is 5.45. The van der Waals surface area contributed by atoms with Crippen LogP contribution in [0.25, 0.3) is 11.1 Å². The van der Waals surface area contributed by atoms with Gasteiger partial charge in [-0.3, -0.25) is 4.79 Å². The van der Waals surface area contributed by atoms with Gasteiger partial charge < -0.3 is 14.6 Å². The highest BCUT2D eigenvalue weighted by Crippen LogP contribution is 2.38. The first-order valence-corrected chi connectivity index (χ1v) is 13.4. The summed E-state index contributed by atoms with van der Waals surface area (Å²) in [6.07, 6.45) is 1.63. The van der Waals surface area contributed by atoms with Crippen molar-refractivity contribution >= 4 is 40.0 Å². The number of esters is 1. The van der Waals surface area contributed by atoms with E-state index < -0.39 is 5.97 Å². The van der Waals surface area contributed by atoms with E-state index in [1.807, 2.05) is 67.2 Å². The summed E-state index contributed by atoms with van der Waals surface area (Å²) >= 11 is 2.63. The summed E-state index contributed by atoms with van der Waals surface area (Å²) in [7, 11) is 3.25. The maximum absolute atomic E-state index is 12.8. The number of rotatable bonds is 9. The number of thiophene rings is 1. The van der Waals surface area contributed by atoms with Crippen LogP contribution in [0.2, 0.25) is 0 Å². The molecule has 0 unspecified atom stereocenters. The normalized spacial score (nSPS) is 10.9. The Morgan fingerprint density at radius 3 is 2.58 bits per heavy atom. The van der Waals surface area contributed by atoms with E-state index in [0.717, 1.165) is 40.9 Å². The van der Waals surface area contributed by atoms with Crippen molar-refractivity contribution in [3.05, 3.63) is 82.0 Å². The topological polar surface area (TPSA) is 86.1 Å². The fourth-order valence-corrected chi connectivity index (χ4v) is 5.56. The van der Waals surface area contributed by atoms with Gasteiger partial charge in [0.1, 0.15) is 16.4 Å². The van der Waals surface area contributed by atoms with Crippen LogP contribution in [-0.4, -0.2) is 39.5 Å². The van der Waals surface area contributed by atoms with E-state index in [4.69, 9.17) is 4.74 Å². The Bertz CT molecular complexity index is 1380. The summed E-state index contributed by atoms with van der Waals surface area (Å²) in [6, 6.07) is 16.3. The molecule has 2 aromatic carbocycles. The number of aryl methyl sites for hydroxylation is 4. The highest BCUT2D eigenvalue weighted by atomic mass is 32.2. The third-order valence-electron chi connectivity index (χ3n) is 5.85. The van der Waals surface area contributed by atoms with Gasteiger partial charge in [0.05, 0.1) is 12.9 Å². The molecule has 0 aliphatic carbocycles. The minimum absolute atomic E-state index is 0.141. The monoisotopic (exact) mass is 520 g/mol. The van der Waals surface area contributed by atoms with Crippen LogP contribution in [0.5, 0.6) is 0 Å². The molecule has 36 heavy (non-hydrogen) atoms. The summed E-state index contributed by atoms with van der Waals surface area (Å²) in [6.45, 7) is 4.00. The number of methoxy groups -OCH3 is 1. The number of nitrogens with zero attached hydrogens (tertiary/aromatic N) is 3. The molecule has 1 N–H and O–H groups in total. The second kappa shape index (κ2) is 11.5. The number of benzene rings is 2. The number of hydrogen-bond acceptors (Lipinski definition) is 7. The summed E-state index contributed by atoms with van der Waals surface area (Å²) in [5.74, 6) is 0.299. The fourth-order valence-electron chi connectivity index (χ4n) is 3.86. The number of hydrogen-bond donors (Lipinski definition) is 1. The number of anilines is 1. The van der Waals surface area contributed by atoms with Crippen molar-refractivity contribution in [3.8, 4) is 11.1 Å². The summed E-state index contributed by atoms with van der Waals surface area (Å²) in [5, 5.41) is 14.5. The van der Waals surface area contributed by atoms with Crippen LogP contribution in [0.3, 0.4) is 0 Å². The van der Waals surface area contributed by atoms with Gasteiger partial charge in [-0.15, -0.1) is 21.5 Å². The molecule has 0 aliphatic rings. The molecule has 7 nitrogen and oxygen atoms in total. The molecule has 0 spiro atoms. The molecule has 2 heterocycles. The predicted octanol–water partition coefficient (Wildman–Crippen LogP) is 5.46. The van der Waals surface area contributed by atoms with Gasteiger partial charge in [0.25, 0.3) is 0 Å². The van der Waals surface area contributed by atoms with E-state index in [0.29, 0.717) is 15.7 Å². The Balaban J connectivity index is 1.43.